The lowest BCUT2D eigenvalue weighted by Gasteiger charge is -2.18. The molecule has 0 amide bonds. The van der Waals surface area contributed by atoms with Crippen LogP contribution in [0.4, 0.5) is 0 Å². The molecule has 0 atom stereocenters. The monoisotopic (exact) mass is 276 g/mol. The van der Waals surface area contributed by atoms with Crippen molar-refractivity contribution in [2.75, 3.05) is 13.1 Å². The number of nitrogens with zero attached hydrogens (tertiary/aromatic N) is 3. The molecule has 1 heterocycles. The lowest BCUT2D eigenvalue weighted by molar-refractivity contribution is 0.435. The molecule has 0 aliphatic carbocycles. The van der Waals surface area contributed by atoms with Gasteiger partial charge in [0.15, 0.2) is 5.03 Å². The van der Waals surface area contributed by atoms with Crippen molar-refractivity contribution in [1.29, 1.82) is 0 Å². The summed E-state index contributed by atoms with van der Waals surface area (Å²) >= 11 is 4.74. The highest BCUT2D eigenvalue weighted by atomic mass is 32.2. The molecule has 1 aromatic rings. The zero-order chi connectivity index (χ0) is 13.1. The molecule has 0 radical (unpaired) electrons. The summed E-state index contributed by atoms with van der Waals surface area (Å²) in [5.74, 6) is 0. The van der Waals surface area contributed by atoms with Gasteiger partial charge < -0.3 is 10.3 Å². The van der Waals surface area contributed by atoms with E-state index in [4.69, 9.17) is 18.0 Å². The van der Waals surface area contributed by atoms with E-state index in [2.05, 4.69) is 4.98 Å². The highest BCUT2D eigenvalue weighted by Crippen LogP contribution is 2.12. The summed E-state index contributed by atoms with van der Waals surface area (Å²) in [6.07, 6.45) is 3.29. The maximum absolute atomic E-state index is 12.2. The van der Waals surface area contributed by atoms with E-state index in [-0.39, 0.29) is 11.6 Å². The molecule has 96 valence electrons. The number of nitrogens with two attached hydrogens (primary N) is 1. The van der Waals surface area contributed by atoms with Crippen LogP contribution in [0.25, 0.3) is 0 Å². The van der Waals surface area contributed by atoms with Crippen molar-refractivity contribution < 1.29 is 8.42 Å². The van der Waals surface area contributed by atoms with Crippen molar-refractivity contribution in [2.24, 2.45) is 12.8 Å². The van der Waals surface area contributed by atoms with E-state index in [0.717, 1.165) is 0 Å². The second-order valence-corrected chi connectivity index (χ2v) is 6.00. The van der Waals surface area contributed by atoms with Crippen LogP contribution in [0.3, 0.4) is 0 Å². The van der Waals surface area contributed by atoms with E-state index in [1.165, 1.54) is 16.8 Å². The van der Waals surface area contributed by atoms with Gasteiger partial charge in [-0.25, -0.2) is 13.4 Å². The molecule has 0 aromatic carbocycles. The highest BCUT2D eigenvalue weighted by Gasteiger charge is 2.24. The quantitative estimate of drug-likeness (QED) is 0.746. The maximum Gasteiger partial charge on any atom is 0.262 e. The van der Waals surface area contributed by atoms with E-state index in [9.17, 15) is 8.42 Å². The minimum atomic E-state index is -3.54. The molecule has 8 heteroatoms. The van der Waals surface area contributed by atoms with Crippen molar-refractivity contribution in [1.82, 2.24) is 13.9 Å². The Morgan fingerprint density at radius 3 is 2.71 bits per heavy atom. The van der Waals surface area contributed by atoms with Crippen molar-refractivity contribution in [3.63, 3.8) is 0 Å². The van der Waals surface area contributed by atoms with E-state index in [1.807, 2.05) is 0 Å². The fourth-order valence-electron chi connectivity index (χ4n) is 1.34. The first kappa shape index (κ1) is 14.1. The zero-order valence-electron chi connectivity index (χ0n) is 9.83. The Kier molecular flexibility index (Phi) is 4.61. The SMILES string of the molecule is CCN(CCC(N)=S)S(=O)(=O)c1cn(C)cn1. The lowest BCUT2D eigenvalue weighted by atomic mass is 10.4. The van der Waals surface area contributed by atoms with Crippen molar-refractivity contribution in [2.45, 2.75) is 18.4 Å². The first-order chi connectivity index (χ1) is 7.87. The topological polar surface area (TPSA) is 81.2 Å². The Labute approximate surface area is 106 Å². The number of rotatable bonds is 6. The Morgan fingerprint density at radius 2 is 2.29 bits per heavy atom. The number of aromatic nitrogens is 2. The van der Waals surface area contributed by atoms with Crippen molar-refractivity contribution in [3.05, 3.63) is 12.5 Å². The van der Waals surface area contributed by atoms with Crippen LogP contribution in [-0.4, -0.2) is 40.4 Å². The third kappa shape index (κ3) is 3.48. The number of imidazole rings is 1. The van der Waals surface area contributed by atoms with Crippen LogP contribution in [0.5, 0.6) is 0 Å². The second-order valence-electron chi connectivity index (χ2n) is 3.59. The first-order valence-corrected chi connectivity index (χ1v) is 6.99. The van der Waals surface area contributed by atoms with E-state index >= 15 is 0 Å². The van der Waals surface area contributed by atoms with E-state index < -0.39 is 10.0 Å². The number of sulfonamides is 1. The molecule has 0 bridgehead atoms. The van der Waals surface area contributed by atoms with Gasteiger partial charge in [-0.05, 0) is 0 Å². The fraction of sp³-hybridized carbons (Fsp3) is 0.556. The number of hydrogen-bond acceptors (Lipinski definition) is 4. The van der Waals surface area contributed by atoms with E-state index in [0.29, 0.717) is 18.0 Å². The zero-order valence-corrected chi connectivity index (χ0v) is 11.5. The number of thiocarbonyl (C=S) groups is 1. The molecule has 2 N–H and O–H groups in total. The highest BCUT2D eigenvalue weighted by molar-refractivity contribution is 7.89. The van der Waals surface area contributed by atoms with Gasteiger partial charge in [-0.1, -0.05) is 19.1 Å². The van der Waals surface area contributed by atoms with Crippen LogP contribution >= 0.6 is 12.2 Å². The van der Waals surface area contributed by atoms with Gasteiger partial charge in [0.1, 0.15) is 0 Å². The average Bonchev–Trinajstić information content (AvgIpc) is 2.65. The molecule has 0 unspecified atom stereocenters. The summed E-state index contributed by atoms with van der Waals surface area (Å²) in [7, 11) is -1.82. The molecule has 0 spiro atoms. The summed E-state index contributed by atoms with van der Waals surface area (Å²) in [6.45, 7) is 2.41. The molecule has 0 saturated carbocycles. The van der Waals surface area contributed by atoms with Crippen LogP contribution < -0.4 is 5.73 Å². The van der Waals surface area contributed by atoms with Gasteiger partial charge >= 0.3 is 0 Å². The fourth-order valence-corrected chi connectivity index (χ4v) is 2.84. The smallest absolute Gasteiger partial charge is 0.262 e. The Balaban J connectivity index is 2.90. The van der Waals surface area contributed by atoms with Crippen molar-refractivity contribution >= 4 is 27.2 Å². The Bertz CT molecular complexity index is 495. The van der Waals surface area contributed by atoms with Crippen LogP contribution in [0.15, 0.2) is 17.6 Å². The van der Waals surface area contributed by atoms with Crippen molar-refractivity contribution in [3.8, 4) is 0 Å². The standard InChI is InChI=1S/C9H16N4O2S2/c1-3-13(5-4-8(10)16)17(14,15)9-6-12(2)7-11-9/h6-7H,3-5H2,1-2H3,(H2,10,16). The summed E-state index contributed by atoms with van der Waals surface area (Å²) < 4.78 is 27.2. The molecule has 0 aliphatic heterocycles. The van der Waals surface area contributed by atoms with Gasteiger partial charge in [0, 0.05) is 32.8 Å². The van der Waals surface area contributed by atoms with Crippen LogP contribution in [0, 0.1) is 0 Å². The molecular weight excluding hydrogens is 260 g/mol. The predicted molar refractivity (Wildman–Crippen MR) is 69.0 cm³/mol. The van der Waals surface area contributed by atoms with E-state index in [1.54, 1.807) is 18.5 Å². The molecule has 17 heavy (non-hydrogen) atoms. The first-order valence-electron chi connectivity index (χ1n) is 5.14. The Morgan fingerprint density at radius 1 is 1.65 bits per heavy atom. The minimum Gasteiger partial charge on any atom is -0.393 e. The molecular formula is C9H16N4O2S2. The normalized spacial score (nSPS) is 11.9. The number of aryl methyl sites for hydroxylation is 1. The Hall–Kier alpha value is -0.990. The molecule has 1 rings (SSSR count). The lowest BCUT2D eigenvalue weighted by Crippen LogP contribution is -2.33. The molecule has 0 fully saturated rings. The largest absolute Gasteiger partial charge is 0.393 e. The van der Waals surface area contributed by atoms with Crippen LogP contribution in [0.1, 0.15) is 13.3 Å². The summed E-state index contributed by atoms with van der Waals surface area (Å²) in [6, 6.07) is 0. The van der Waals surface area contributed by atoms with Crippen LogP contribution in [0.2, 0.25) is 0 Å². The number of hydrogen-bond donors (Lipinski definition) is 1. The molecule has 0 saturated heterocycles. The molecule has 6 nitrogen and oxygen atoms in total. The van der Waals surface area contributed by atoms with Gasteiger partial charge in [-0.15, -0.1) is 0 Å². The predicted octanol–water partition coefficient (Wildman–Crippen LogP) is 0.107. The molecule has 0 aliphatic rings. The van der Waals surface area contributed by atoms with Gasteiger partial charge in [0.2, 0.25) is 0 Å². The van der Waals surface area contributed by atoms with Gasteiger partial charge in [-0.3, -0.25) is 0 Å². The minimum absolute atomic E-state index is 0.0461. The maximum atomic E-state index is 12.2. The molecule has 1 aromatic heterocycles. The summed E-state index contributed by atoms with van der Waals surface area (Å²) in [5.41, 5.74) is 5.37. The third-order valence-corrected chi connectivity index (χ3v) is 4.31. The van der Waals surface area contributed by atoms with Gasteiger partial charge in [0.05, 0.1) is 11.3 Å². The average molecular weight is 276 g/mol. The second kappa shape index (κ2) is 5.56. The van der Waals surface area contributed by atoms with Gasteiger partial charge in [-0.2, -0.15) is 4.31 Å². The summed E-state index contributed by atoms with van der Waals surface area (Å²) in [4.78, 5) is 4.16. The van der Waals surface area contributed by atoms with Crippen LogP contribution in [-0.2, 0) is 17.1 Å². The third-order valence-electron chi connectivity index (χ3n) is 2.25. The summed E-state index contributed by atoms with van der Waals surface area (Å²) in [5, 5.41) is 0.0461. The van der Waals surface area contributed by atoms with Gasteiger partial charge in [0.25, 0.3) is 10.0 Å².